The van der Waals surface area contributed by atoms with Crippen LogP contribution >= 0.6 is 0 Å². The number of hydrogen-bond donors (Lipinski definition) is 1. The number of aromatic nitrogens is 2. The van der Waals surface area contributed by atoms with Crippen LogP contribution in [0.3, 0.4) is 0 Å². The van der Waals surface area contributed by atoms with E-state index in [0.29, 0.717) is 5.82 Å². The first-order chi connectivity index (χ1) is 7.29. The lowest BCUT2D eigenvalue weighted by Crippen LogP contribution is -2.31. The van der Waals surface area contributed by atoms with Gasteiger partial charge in [-0.3, -0.25) is 0 Å². The molecular formula is C10H12N3O2. The Bertz CT molecular complexity index is 361. The standard InChI is InChI=1S/C10H12N3O2/c14-10(15)8-6-11-7-12-9(8)13-4-2-1-3-5-13/h6H,1-5H2,(H,14,15). The molecule has 5 heteroatoms. The fourth-order valence-corrected chi connectivity index (χ4v) is 1.79. The fraction of sp³-hybridized carbons (Fsp3) is 0.500. The van der Waals surface area contributed by atoms with Gasteiger partial charge in [0.05, 0.1) is 0 Å². The minimum absolute atomic E-state index is 0.163. The topological polar surface area (TPSA) is 66.3 Å². The quantitative estimate of drug-likeness (QED) is 0.780. The molecule has 1 N–H and O–H groups in total. The maximum absolute atomic E-state index is 10.9. The Morgan fingerprint density at radius 2 is 2.13 bits per heavy atom. The van der Waals surface area contributed by atoms with Crippen molar-refractivity contribution in [1.29, 1.82) is 0 Å². The zero-order valence-electron chi connectivity index (χ0n) is 8.31. The number of nitrogens with zero attached hydrogens (tertiary/aromatic N) is 3. The van der Waals surface area contributed by atoms with E-state index in [-0.39, 0.29) is 5.56 Å². The van der Waals surface area contributed by atoms with Crippen LogP contribution in [-0.2, 0) is 0 Å². The van der Waals surface area contributed by atoms with E-state index in [1.165, 1.54) is 12.6 Å². The largest absolute Gasteiger partial charge is 0.477 e. The zero-order chi connectivity index (χ0) is 10.7. The molecule has 0 aromatic carbocycles. The van der Waals surface area contributed by atoms with Crippen LogP contribution in [0.25, 0.3) is 0 Å². The monoisotopic (exact) mass is 206 g/mol. The number of carboxylic acid groups (broad SMARTS) is 1. The maximum Gasteiger partial charge on any atom is 0.341 e. The van der Waals surface area contributed by atoms with Gasteiger partial charge in [0.2, 0.25) is 0 Å². The lowest BCUT2D eigenvalue weighted by atomic mass is 10.1. The van der Waals surface area contributed by atoms with Crippen molar-refractivity contribution < 1.29 is 9.90 Å². The molecule has 1 fully saturated rings. The molecule has 0 aliphatic carbocycles. The highest BCUT2D eigenvalue weighted by Crippen LogP contribution is 2.20. The van der Waals surface area contributed by atoms with Crippen LogP contribution in [-0.4, -0.2) is 34.1 Å². The van der Waals surface area contributed by atoms with E-state index in [1.54, 1.807) is 0 Å². The highest BCUT2D eigenvalue weighted by molar-refractivity contribution is 5.92. The summed E-state index contributed by atoms with van der Waals surface area (Å²) >= 11 is 0. The van der Waals surface area contributed by atoms with E-state index >= 15 is 0 Å². The van der Waals surface area contributed by atoms with Crippen LogP contribution in [0.2, 0.25) is 0 Å². The number of carboxylic acids is 1. The van der Waals surface area contributed by atoms with Gasteiger partial charge in [-0.15, -0.1) is 0 Å². The second kappa shape index (κ2) is 4.25. The third-order valence-corrected chi connectivity index (χ3v) is 2.53. The van der Waals surface area contributed by atoms with E-state index in [0.717, 1.165) is 25.9 Å². The van der Waals surface area contributed by atoms with Crippen molar-refractivity contribution in [3.8, 4) is 0 Å². The Balaban J connectivity index is 2.29. The summed E-state index contributed by atoms with van der Waals surface area (Å²) in [6, 6.07) is 0. The van der Waals surface area contributed by atoms with Crippen molar-refractivity contribution in [3.63, 3.8) is 0 Å². The van der Waals surface area contributed by atoms with Crippen LogP contribution in [0.1, 0.15) is 29.6 Å². The second-order valence-corrected chi connectivity index (χ2v) is 3.56. The van der Waals surface area contributed by atoms with E-state index < -0.39 is 5.97 Å². The molecular weight excluding hydrogens is 194 g/mol. The predicted octanol–water partition coefficient (Wildman–Crippen LogP) is 0.965. The van der Waals surface area contributed by atoms with Gasteiger partial charge < -0.3 is 10.0 Å². The number of hydrogen-bond acceptors (Lipinski definition) is 4. The van der Waals surface area contributed by atoms with Gasteiger partial charge in [0.15, 0.2) is 6.33 Å². The molecule has 1 saturated heterocycles. The average molecular weight is 206 g/mol. The lowest BCUT2D eigenvalue weighted by molar-refractivity contribution is 0.0696. The molecule has 2 rings (SSSR count). The first-order valence-electron chi connectivity index (χ1n) is 5.00. The first kappa shape index (κ1) is 9.89. The molecule has 1 aliphatic rings. The third kappa shape index (κ3) is 2.06. The molecule has 1 aromatic heterocycles. The number of carbonyl (C=O) groups is 1. The molecule has 79 valence electrons. The van der Waals surface area contributed by atoms with Gasteiger partial charge in [-0.05, 0) is 19.3 Å². The summed E-state index contributed by atoms with van der Waals surface area (Å²) < 4.78 is 0. The normalized spacial score (nSPS) is 16.4. The summed E-state index contributed by atoms with van der Waals surface area (Å²) in [6.45, 7) is 1.73. The number of anilines is 1. The summed E-state index contributed by atoms with van der Waals surface area (Å²) in [5.41, 5.74) is 0.163. The number of rotatable bonds is 2. The van der Waals surface area contributed by atoms with Gasteiger partial charge in [0.1, 0.15) is 11.4 Å². The van der Waals surface area contributed by atoms with Crippen LogP contribution in [0.15, 0.2) is 6.20 Å². The van der Waals surface area contributed by atoms with E-state index in [4.69, 9.17) is 5.11 Å². The molecule has 1 radical (unpaired) electrons. The second-order valence-electron chi connectivity index (χ2n) is 3.56. The smallest absolute Gasteiger partial charge is 0.341 e. The molecule has 0 unspecified atom stereocenters. The highest BCUT2D eigenvalue weighted by atomic mass is 16.4. The number of aromatic carboxylic acids is 1. The summed E-state index contributed by atoms with van der Waals surface area (Å²) in [5.74, 6) is -0.484. The first-order valence-corrected chi connectivity index (χ1v) is 5.00. The van der Waals surface area contributed by atoms with Crippen molar-refractivity contribution >= 4 is 11.8 Å². The van der Waals surface area contributed by atoms with Crippen molar-refractivity contribution in [2.75, 3.05) is 18.0 Å². The zero-order valence-corrected chi connectivity index (χ0v) is 8.31. The Hall–Kier alpha value is -1.65. The molecule has 0 saturated carbocycles. The van der Waals surface area contributed by atoms with Crippen molar-refractivity contribution in [2.45, 2.75) is 19.3 Å². The molecule has 0 bridgehead atoms. The summed E-state index contributed by atoms with van der Waals surface area (Å²) in [5, 5.41) is 8.98. The minimum Gasteiger partial charge on any atom is -0.477 e. The van der Waals surface area contributed by atoms with Gasteiger partial charge in [-0.1, -0.05) is 0 Å². The SMILES string of the molecule is O=C(O)c1cn[c]nc1N1CCCCC1. The Kier molecular flexibility index (Phi) is 2.80. The van der Waals surface area contributed by atoms with Crippen molar-refractivity contribution in [1.82, 2.24) is 9.97 Å². The Morgan fingerprint density at radius 1 is 1.40 bits per heavy atom. The summed E-state index contributed by atoms with van der Waals surface area (Å²) in [4.78, 5) is 20.5. The number of piperidine rings is 1. The van der Waals surface area contributed by atoms with Gasteiger partial charge in [-0.2, -0.15) is 0 Å². The Morgan fingerprint density at radius 3 is 2.80 bits per heavy atom. The molecule has 1 aliphatic heterocycles. The van der Waals surface area contributed by atoms with E-state index in [2.05, 4.69) is 16.3 Å². The van der Waals surface area contributed by atoms with Crippen LogP contribution in [0.5, 0.6) is 0 Å². The highest BCUT2D eigenvalue weighted by Gasteiger charge is 2.19. The average Bonchev–Trinajstić information content (AvgIpc) is 2.30. The molecule has 0 atom stereocenters. The van der Waals surface area contributed by atoms with Gasteiger partial charge in [0, 0.05) is 19.3 Å². The van der Waals surface area contributed by atoms with E-state index in [9.17, 15) is 4.79 Å². The van der Waals surface area contributed by atoms with Crippen molar-refractivity contribution in [3.05, 3.63) is 18.1 Å². The van der Waals surface area contributed by atoms with E-state index in [1.807, 2.05) is 4.90 Å². The fourth-order valence-electron chi connectivity index (χ4n) is 1.79. The maximum atomic E-state index is 10.9. The van der Waals surface area contributed by atoms with Crippen LogP contribution in [0.4, 0.5) is 5.82 Å². The lowest BCUT2D eigenvalue weighted by Gasteiger charge is -2.28. The summed E-state index contributed by atoms with van der Waals surface area (Å²) in [6.07, 6.45) is 7.13. The van der Waals surface area contributed by atoms with Gasteiger partial charge in [0.25, 0.3) is 0 Å². The van der Waals surface area contributed by atoms with Gasteiger partial charge in [-0.25, -0.2) is 14.8 Å². The predicted molar refractivity (Wildman–Crippen MR) is 53.9 cm³/mol. The van der Waals surface area contributed by atoms with Crippen LogP contribution < -0.4 is 4.90 Å². The summed E-state index contributed by atoms with van der Waals surface area (Å²) in [7, 11) is 0. The minimum atomic E-state index is -0.982. The molecule has 2 heterocycles. The molecule has 0 amide bonds. The molecule has 0 spiro atoms. The van der Waals surface area contributed by atoms with Gasteiger partial charge >= 0.3 is 5.97 Å². The van der Waals surface area contributed by atoms with Crippen molar-refractivity contribution in [2.24, 2.45) is 0 Å². The molecule has 1 aromatic rings. The molecule has 15 heavy (non-hydrogen) atoms. The third-order valence-electron chi connectivity index (χ3n) is 2.53. The molecule has 5 nitrogen and oxygen atoms in total. The van der Waals surface area contributed by atoms with Crippen LogP contribution in [0, 0.1) is 6.33 Å². The Labute approximate surface area is 87.8 Å².